The van der Waals surface area contributed by atoms with E-state index >= 15 is 0 Å². The summed E-state index contributed by atoms with van der Waals surface area (Å²) in [6.07, 6.45) is -0.896. The van der Waals surface area contributed by atoms with Gasteiger partial charge in [0.1, 0.15) is 42.3 Å². The molecule has 0 aliphatic carbocycles. The topological polar surface area (TPSA) is 177 Å². The molecule has 2 aromatic heterocycles. The van der Waals surface area contributed by atoms with Gasteiger partial charge < -0.3 is 30.2 Å². The second kappa shape index (κ2) is 11.1. The third kappa shape index (κ3) is 5.13. The van der Waals surface area contributed by atoms with Gasteiger partial charge in [-0.3, -0.25) is 10.1 Å². The van der Waals surface area contributed by atoms with Gasteiger partial charge in [0, 0.05) is 0 Å². The fourth-order valence-corrected chi connectivity index (χ4v) is 3.79. The number of aromatic nitrogens is 3. The zero-order valence-corrected chi connectivity index (χ0v) is 19.5. The van der Waals surface area contributed by atoms with Gasteiger partial charge in [-0.05, 0) is 25.0 Å². The molecule has 5 N–H and O–H groups in total. The molecule has 12 nitrogen and oxygen atoms in total. The van der Waals surface area contributed by atoms with Crippen LogP contribution in [-0.2, 0) is 19.0 Å². The molecule has 1 saturated heterocycles. The van der Waals surface area contributed by atoms with Crippen molar-refractivity contribution in [1.29, 1.82) is 5.26 Å². The average Bonchev–Trinajstić information content (AvgIpc) is 3.38. The van der Waals surface area contributed by atoms with E-state index in [4.69, 9.17) is 19.9 Å². The molecule has 0 saturated carbocycles. The van der Waals surface area contributed by atoms with E-state index in [0.717, 1.165) is 12.8 Å². The number of aliphatic hydroxyl groups is 2. The number of nitrogens with two attached hydrogens (primary N) is 1. The van der Waals surface area contributed by atoms with Gasteiger partial charge in [-0.25, -0.2) is 9.50 Å². The fraction of sp³-hybridized carbons (Fsp3) is 0.636. The quantitative estimate of drug-likeness (QED) is 0.199. The van der Waals surface area contributed by atoms with Gasteiger partial charge in [0.25, 0.3) is 0 Å². The van der Waals surface area contributed by atoms with Gasteiger partial charge in [0.15, 0.2) is 5.82 Å². The minimum absolute atomic E-state index is 0.0979. The third-order valence-corrected chi connectivity index (χ3v) is 6.22. The van der Waals surface area contributed by atoms with Crippen molar-refractivity contribution in [3.05, 3.63) is 24.2 Å². The molecule has 34 heavy (non-hydrogen) atoms. The smallest absolute Gasteiger partial charge is 0.322 e. The minimum Gasteiger partial charge on any atom is -0.464 e. The van der Waals surface area contributed by atoms with Crippen molar-refractivity contribution < 1.29 is 29.2 Å². The van der Waals surface area contributed by atoms with E-state index < -0.39 is 35.9 Å². The van der Waals surface area contributed by atoms with E-state index in [1.807, 2.05) is 19.9 Å². The number of nitrogens with one attached hydrogen (secondary N) is 1. The number of hydrogen-bond donors (Lipinski definition) is 4. The Balaban J connectivity index is 1.58. The SMILES string of the molecule is CCC(CC)COC(=O)[C@H](C)NCOC[C@@]1(C#N)O[C@@H](c2ccc3c(N)ncnn23)[C@H](O)[C@@H]1O. The summed E-state index contributed by atoms with van der Waals surface area (Å²) >= 11 is 0. The predicted molar refractivity (Wildman–Crippen MR) is 120 cm³/mol. The summed E-state index contributed by atoms with van der Waals surface area (Å²) in [7, 11) is 0. The van der Waals surface area contributed by atoms with Crippen LogP contribution >= 0.6 is 0 Å². The molecule has 5 atom stereocenters. The Kier molecular flexibility index (Phi) is 8.40. The molecule has 1 fully saturated rings. The monoisotopic (exact) mass is 476 g/mol. The number of rotatable bonds is 11. The molecule has 0 amide bonds. The van der Waals surface area contributed by atoms with Crippen molar-refractivity contribution in [2.75, 3.05) is 25.7 Å². The molecule has 3 heterocycles. The second-order valence-electron chi connectivity index (χ2n) is 8.41. The molecule has 186 valence electrons. The number of nitrogen functional groups attached to an aromatic ring is 1. The van der Waals surface area contributed by atoms with Crippen LogP contribution in [0.1, 0.15) is 45.4 Å². The van der Waals surface area contributed by atoms with Gasteiger partial charge in [0.2, 0.25) is 5.60 Å². The Morgan fingerprint density at radius 2 is 2.15 bits per heavy atom. The van der Waals surface area contributed by atoms with Crippen LogP contribution in [-0.4, -0.2) is 74.6 Å². The van der Waals surface area contributed by atoms with Crippen LogP contribution in [0.4, 0.5) is 5.82 Å². The van der Waals surface area contributed by atoms with Gasteiger partial charge in [0.05, 0.1) is 25.6 Å². The lowest BCUT2D eigenvalue weighted by molar-refractivity contribution is -0.148. The zero-order chi connectivity index (χ0) is 24.9. The third-order valence-electron chi connectivity index (χ3n) is 6.22. The first-order valence-electron chi connectivity index (χ1n) is 11.3. The van der Waals surface area contributed by atoms with E-state index in [1.54, 1.807) is 19.1 Å². The van der Waals surface area contributed by atoms with E-state index in [1.165, 1.54) is 10.8 Å². The Bertz CT molecular complexity index is 1020. The molecule has 2 aromatic rings. The Labute approximate surface area is 197 Å². The first-order valence-corrected chi connectivity index (χ1v) is 11.3. The Morgan fingerprint density at radius 3 is 2.82 bits per heavy atom. The number of fused-ring (bicyclic) bond motifs is 1. The maximum absolute atomic E-state index is 12.1. The van der Waals surface area contributed by atoms with Crippen molar-refractivity contribution in [3.63, 3.8) is 0 Å². The van der Waals surface area contributed by atoms with E-state index in [9.17, 15) is 20.3 Å². The molecule has 12 heteroatoms. The predicted octanol–water partition coefficient (Wildman–Crippen LogP) is 0.299. The lowest BCUT2D eigenvalue weighted by Gasteiger charge is -2.24. The maximum Gasteiger partial charge on any atom is 0.322 e. The van der Waals surface area contributed by atoms with Gasteiger partial charge in [-0.2, -0.15) is 10.4 Å². The summed E-state index contributed by atoms with van der Waals surface area (Å²) in [5.74, 6) is 0.158. The van der Waals surface area contributed by atoms with E-state index in [2.05, 4.69) is 15.4 Å². The molecule has 1 aliphatic rings. The number of carbonyl (C=O) groups excluding carboxylic acids is 1. The number of aliphatic hydroxyl groups excluding tert-OH is 2. The summed E-state index contributed by atoms with van der Waals surface area (Å²) in [4.78, 5) is 16.0. The average molecular weight is 477 g/mol. The van der Waals surface area contributed by atoms with Crippen molar-refractivity contribution >= 4 is 17.3 Å². The van der Waals surface area contributed by atoms with Crippen LogP contribution in [0.3, 0.4) is 0 Å². The Hall–Kier alpha value is -2.82. The second-order valence-corrected chi connectivity index (χ2v) is 8.41. The normalized spacial score (nSPS) is 25.5. The highest BCUT2D eigenvalue weighted by Crippen LogP contribution is 2.40. The molecular formula is C22H32N6O6. The zero-order valence-electron chi connectivity index (χ0n) is 19.5. The fourth-order valence-electron chi connectivity index (χ4n) is 3.79. The highest BCUT2D eigenvalue weighted by molar-refractivity contribution is 5.75. The van der Waals surface area contributed by atoms with Crippen LogP contribution in [0.5, 0.6) is 0 Å². The number of nitrogens with zero attached hydrogens (tertiary/aromatic N) is 4. The van der Waals surface area contributed by atoms with E-state index in [0.29, 0.717) is 23.7 Å². The van der Waals surface area contributed by atoms with Crippen molar-refractivity contribution in [3.8, 4) is 6.07 Å². The molecule has 0 aromatic carbocycles. The number of nitriles is 1. The largest absolute Gasteiger partial charge is 0.464 e. The highest BCUT2D eigenvalue weighted by Gasteiger charge is 2.56. The van der Waals surface area contributed by atoms with Crippen LogP contribution in [0.15, 0.2) is 18.5 Å². The number of esters is 1. The summed E-state index contributed by atoms with van der Waals surface area (Å²) in [6, 6.07) is 4.58. The summed E-state index contributed by atoms with van der Waals surface area (Å²) < 4.78 is 18.1. The minimum atomic E-state index is -1.83. The summed E-state index contributed by atoms with van der Waals surface area (Å²) in [5, 5.41) is 38.0. The number of anilines is 1. The molecule has 0 unspecified atom stereocenters. The summed E-state index contributed by atoms with van der Waals surface area (Å²) in [6.45, 7) is 5.66. The van der Waals surface area contributed by atoms with Crippen molar-refractivity contribution in [1.82, 2.24) is 19.9 Å². The first kappa shape index (κ1) is 25.8. The number of carbonyl (C=O) groups is 1. The lowest BCUT2D eigenvalue weighted by atomic mass is 9.96. The number of ether oxygens (including phenoxy) is 3. The van der Waals surface area contributed by atoms with Crippen LogP contribution in [0.25, 0.3) is 5.52 Å². The van der Waals surface area contributed by atoms with Crippen LogP contribution in [0.2, 0.25) is 0 Å². The molecule has 0 spiro atoms. The molecular weight excluding hydrogens is 444 g/mol. The number of hydrogen-bond acceptors (Lipinski definition) is 11. The van der Waals surface area contributed by atoms with Crippen LogP contribution < -0.4 is 11.1 Å². The molecule has 0 radical (unpaired) electrons. The van der Waals surface area contributed by atoms with Gasteiger partial charge in [-0.1, -0.05) is 26.7 Å². The van der Waals surface area contributed by atoms with Gasteiger partial charge >= 0.3 is 5.97 Å². The maximum atomic E-state index is 12.1. The highest BCUT2D eigenvalue weighted by atomic mass is 16.6. The van der Waals surface area contributed by atoms with Crippen molar-refractivity contribution in [2.45, 2.75) is 63.6 Å². The summed E-state index contributed by atoms with van der Waals surface area (Å²) in [5.41, 5.74) is 4.93. The lowest BCUT2D eigenvalue weighted by Crippen LogP contribution is -2.47. The standard InChI is InChI=1S/C22H32N6O6/c1-4-14(5-2)8-33-21(31)13(3)26-12-32-10-22(9-23)19(30)17(29)18(34-22)15-6-7-16-20(24)25-11-27-28(15)16/h6-7,11,13-14,17-19,26,29-30H,4-5,8,10,12H2,1-3H3,(H2,24,25,27)/t13-,17-,18-,19-,22+/m0/s1. The van der Waals surface area contributed by atoms with Crippen molar-refractivity contribution in [2.24, 2.45) is 5.92 Å². The molecule has 1 aliphatic heterocycles. The van der Waals surface area contributed by atoms with Crippen LogP contribution in [0, 0.1) is 17.2 Å². The Morgan fingerprint density at radius 1 is 1.41 bits per heavy atom. The first-order chi connectivity index (χ1) is 16.3. The molecule has 0 bridgehead atoms. The van der Waals surface area contributed by atoms with E-state index in [-0.39, 0.29) is 19.2 Å². The van der Waals surface area contributed by atoms with Gasteiger partial charge in [-0.15, -0.1) is 0 Å². The molecule has 3 rings (SSSR count).